The minimum Gasteiger partial charge on any atom is -0.465 e. The van der Waals surface area contributed by atoms with Crippen LogP contribution in [0.2, 0.25) is 0 Å². The first kappa shape index (κ1) is 20.9. The molecule has 6 heteroatoms. The molecular formula is C22H24N2O4. The number of esters is 1. The van der Waals surface area contributed by atoms with Crippen molar-refractivity contribution in [2.75, 3.05) is 23.9 Å². The van der Waals surface area contributed by atoms with Crippen LogP contribution in [-0.4, -0.2) is 31.4 Å². The number of methoxy groups -OCH3 is 1. The minimum absolute atomic E-state index is 0.262. The normalized spacial score (nSPS) is 10.9. The second-order valence-corrected chi connectivity index (χ2v) is 6.27. The molecule has 0 bridgehead atoms. The molecule has 1 N–H and O–H groups in total. The van der Waals surface area contributed by atoms with E-state index in [0.29, 0.717) is 17.8 Å². The number of carbonyl (C=O) groups is 3. The number of carbonyl (C=O) groups excluding carboxylic acids is 3. The van der Waals surface area contributed by atoms with E-state index in [4.69, 9.17) is 0 Å². The van der Waals surface area contributed by atoms with Crippen LogP contribution in [0.3, 0.4) is 0 Å². The van der Waals surface area contributed by atoms with Crippen molar-refractivity contribution in [2.24, 2.45) is 0 Å². The first-order valence-corrected chi connectivity index (χ1v) is 8.92. The third-order valence-electron chi connectivity index (χ3n) is 4.16. The van der Waals surface area contributed by atoms with E-state index in [1.807, 2.05) is 38.1 Å². The Kier molecular flexibility index (Phi) is 7.09. The molecule has 146 valence electrons. The van der Waals surface area contributed by atoms with E-state index in [0.717, 1.165) is 11.3 Å². The summed E-state index contributed by atoms with van der Waals surface area (Å²) in [6.07, 6.45) is 1.32. The molecule has 0 radical (unpaired) electrons. The van der Waals surface area contributed by atoms with Crippen molar-refractivity contribution in [3.63, 3.8) is 0 Å². The van der Waals surface area contributed by atoms with E-state index in [9.17, 15) is 14.4 Å². The molecule has 2 aromatic rings. The molecule has 0 spiro atoms. The molecule has 0 aliphatic rings. The molecule has 0 unspecified atom stereocenters. The Bertz CT molecular complexity index is 901. The summed E-state index contributed by atoms with van der Waals surface area (Å²) in [6, 6.07) is 14.0. The van der Waals surface area contributed by atoms with Crippen LogP contribution < -0.4 is 10.2 Å². The standard InChI is InChI=1S/C22H24N2O4/c1-5-24(19-8-6-7-15(2)13-19)20(25)14-16(3)21(26)23-18-11-9-17(10-12-18)22(27)28-4/h6-14H,5H2,1-4H3,(H,23,26)/b16-14+. The highest BCUT2D eigenvalue weighted by Gasteiger charge is 2.14. The van der Waals surface area contributed by atoms with Crippen LogP contribution in [0.25, 0.3) is 0 Å². The molecule has 0 atom stereocenters. The number of anilines is 2. The molecule has 0 aliphatic carbocycles. The lowest BCUT2D eigenvalue weighted by atomic mass is 10.2. The Morgan fingerprint density at radius 3 is 2.36 bits per heavy atom. The number of amides is 2. The number of nitrogens with zero attached hydrogens (tertiary/aromatic N) is 1. The van der Waals surface area contributed by atoms with Crippen molar-refractivity contribution in [3.05, 3.63) is 71.3 Å². The molecule has 0 aliphatic heterocycles. The molecule has 0 heterocycles. The minimum atomic E-state index is -0.449. The van der Waals surface area contributed by atoms with Crippen LogP contribution in [0, 0.1) is 6.92 Å². The lowest BCUT2D eigenvalue weighted by molar-refractivity contribution is -0.115. The van der Waals surface area contributed by atoms with Crippen molar-refractivity contribution in [1.29, 1.82) is 0 Å². The van der Waals surface area contributed by atoms with Crippen LogP contribution in [0.15, 0.2) is 60.2 Å². The van der Waals surface area contributed by atoms with Crippen LogP contribution in [0.1, 0.15) is 29.8 Å². The van der Waals surface area contributed by atoms with E-state index < -0.39 is 5.97 Å². The Morgan fingerprint density at radius 1 is 1.11 bits per heavy atom. The van der Waals surface area contributed by atoms with E-state index >= 15 is 0 Å². The predicted octanol–water partition coefficient (Wildman–Crippen LogP) is 3.72. The first-order valence-electron chi connectivity index (χ1n) is 8.92. The fourth-order valence-electron chi connectivity index (χ4n) is 2.63. The number of rotatable bonds is 6. The van der Waals surface area contributed by atoms with Crippen LogP contribution in [0.4, 0.5) is 11.4 Å². The summed E-state index contributed by atoms with van der Waals surface area (Å²) < 4.78 is 4.64. The summed E-state index contributed by atoms with van der Waals surface area (Å²) in [5, 5.41) is 2.71. The number of ether oxygens (including phenoxy) is 1. The van der Waals surface area contributed by atoms with E-state index in [-0.39, 0.29) is 17.4 Å². The summed E-state index contributed by atoms with van der Waals surface area (Å²) in [6.45, 7) is 5.91. The van der Waals surface area contributed by atoms with Gasteiger partial charge in [0.2, 0.25) is 0 Å². The molecule has 28 heavy (non-hydrogen) atoms. The number of benzene rings is 2. The quantitative estimate of drug-likeness (QED) is 0.612. The summed E-state index contributed by atoms with van der Waals surface area (Å²) >= 11 is 0. The number of hydrogen-bond acceptors (Lipinski definition) is 4. The molecule has 2 amide bonds. The van der Waals surface area contributed by atoms with Crippen LogP contribution in [-0.2, 0) is 14.3 Å². The molecule has 0 saturated carbocycles. The number of nitrogens with one attached hydrogen (secondary N) is 1. The molecule has 6 nitrogen and oxygen atoms in total. The highest BCUT2D eigenvalue weighted by Crippen LogP contribution is 2.17. The second-order valence-electron chi connectivity index (χ2n) is 6.27. The highest BCUT2D eigenvalue weighted by atomic mass is 16.5. The fourth-order valence-corrected chi connectivity index (χ4v) is 2.63. The zero-order valence-electron chi connectivity index (χ0n) is 16.5. The molecule has 0 saturated heterocycles. The Balaban J connectivity index is 2.09. The van der Waals surface area contributed by atoms with Crippen molar-refractivity contribution >= 4 is 29.2 Å². The highest BCUT2D eigenvalue weighted by molar-refractivity contribution is 6.10. The van der Waals surface area contributed by atoms with Gasteiger partial charge in [0.1, 0.15) is 0 Å². The van der Waals surface area contributed by atoms with Gasteiger partial charge in [0, 0.05) is 29.6 Å². The zero-order chi connectivity index (χ0) is 20.7. The summed E-state index contributed by atoms with van der Waals surface area (Å²) in [7, 11) is 1.31. The largest absolute Gasteiger partial charge is 0.465 e. The third kappa shape index (κ3) is 5.30. The summed E-state index contributed by atoms with van der Waals surface area (Å²) in [4.78, 5) is 38.1. The van der Waals surface area contributed by atoms with E-state index in [1.165, 1.54) is 13.2 Å². The predicted molar refractivity (Wildman–Crippen MR) is 109 cm³/mol. The van der Waals surface area contributed by atoms with Crippen molar-refractivity contribution in [2.45, 2.75) is 20.8 Å². The molecule has 0 aromatic heterocycles. The maximum atomic E-state index is 12.6. The molecule has 2 aromatic carbocycles. The van der Waals surface area contributed by atoms with Crippen molar-refractivity contribution in [1.82, 2.24) is 0 Å². The SMILES string of the molecule is CCN(C(=O)/C=C(\C)C(=O)Nc1ccc(C(=O)OC)cc1)c1cccc(C)c1. The van der Waals surface area contributed by atoms with Crippen LogP contribution in [0.5, 0.6) is 0 Å². The van der Waals surface area contributed by atoms with Gasteiger partial charge in [-0.3, -0.25) is 9.59 Å². The fraction of sp³-hybridized carbons (Fsp3) is 0.227. The topological polar surface area (TPSA) is 75.7 Å². The Morgan fingerprint density at radius 2 is 1.79 bits per heavy atom. The van der Waals surface area contributed by atoms with Gasteiger partial charge in [-0.1, -0.05) is 12.1 Å². The maximum Gasteiger partial charge on any atom is 0.337 e. The van der Waals surface area contributed by atoms with Gasteiger partial charge in [0.25, 0.3) is 11.8 Å². The van der Waals surface area contributed by atoms with Crippen LogP contribution >= 0.6 is 0 Å². The van der Waals surface area contributed by atoms with Gasteiger partial charge in [-0.15, -0.1) is 0 Å². The van der Waals surface area contributed by atoms with Gasteiger partial charge in [-0.05, 0) is 62.7 Å². The second kappa shape index (κ2) is 9.50. The number of aryl methyl sites for hydroxylation is 1. The Labute approximate surface area is 164 Å². The molecule has 2 rings (SSSR count). The monoisotopic (exact) mass is 380 g/mol. The molecule has 0 fully saturated rings. The number of hydrogen-bond donors (Lipinski definition) is 1. The van der Waals surface area contributed by atoms with Crippen molar-refractivity contribution < 1.29 is 19.1 Å². The summed E-state index contributed by atoms with van der Waals surface area (Å²) in [5.41, 5.74) is 3.03. The van der Waals surface area contributed by atoms with Gasteiger partial charge >= 0.3 is 5.97 Å². The van der Waals surface area contributed by atoms with Gasteiger partial charge in [-0.25, -0.2) is 4.79 Å². The first-order chi connectivity index (χ1) is 13.3. The molecular weight excluding hydrogens is 356 g/mol. The zero-order valence-corrected chi connectivity index (χ0v) is 16.5. The number of likely N-dealkylation sites (N-methyl/N-ethyl adjacent to an activating group) is 1. The smallest absolute Gasteiger partial charge is 0.337 e. The van der Waals surface area contributed by atoms with Gasteiger partial charge in [-0.2, -0.15) is 0 Å². The van der Waals surface area contributed by atoms with Gasteiger partial charge in [0.05, 0.1) is 12.7 Å². The van der Waals surface area contributed by atoms with E-state index in [2.05, 4.69) is 10.1 Å². The van der Waals surface area contributed by atoms with Crippen molar-refractivity contribution in [3.8, 4) is 0 Å². The Hall–Kier alpha value is -3.41. The lowest BCUT2D eigenvalue weighted by Crippen LogP contribution is -2.29. The van der Waals surface area contributed by atoms with E-state index in [1.54, 1.807) is 36.1 Å². The third-order valence-corrected chi connectivity index (χ3v) is 4.16. The maximum absolute atomic E-state index is 12.6. The van der Waals surface area contributed by atoms with Gasteiger partial charge < -0.3 is 15.0 Å². The average molecular weight is 380 g/mol. The summed E-state index contributed by atoms with van der Waals surface area (Å²) in [5.74, 6) is -1.10. The lowest BCUT2D eigenvalue weighted by Gasteiger charge is -2.20. The average Bonchev–Trinajstić information content (AvgIpc) is 2.68. The van der Waals surface area contributed by atoms with Gasteiger partial charge in [0.15, 0.2) is 0 Å².